The average molecular weight is 584 g/mol. The van der Waals surface area contributed by atoms with Gasteiger partial charge in [0.15, 0.2) is 0 Å². The second-order valence-corrected chi connectivity index (χ2v) is 12.1. The van der Waals surface area contributed by atoms with Gasteiger partial charge in [-0.2, -0.15) is 0 Å². The smallest absolute Gasteiger partial charge is 0.410 e. The third-order valence-corrected chi connectivity index (χ3v) is 8.01. The molecule has 0 radical (unpaired) electrons. The van der Waals surface area contributed by atoms with Crippen LogP contribution in [0.15, 0.2) is 78.9 Å². The number of methoxy groups -OCH3 is 1. The van der Waals surface area contributed by atoms with E-state index in [0.29, 0.717) is 17.4 Å². The van der Waals surface area contributed by atoms with Crippen molar-refractivity contribution in [2.45, 2.75) is 64.7 Å². The molecule has 1 amide bonds. The van der Waals surface area contributed by atoms with Crippen LogP contribution in [0.3, 0.4) is 0 Å². The van der Waals surface area contributed by atoms with E-state index in [0.717, 1.165) is 33.4 Å². The molecule has 7 heteroatoms. The molecule has 6 nitrogen and oxygen atoms in total. The van der Waals surface area contributed by atoms with Crippen molar-refractivity contribution in [1.82, 2.24) is 4.90 Å². The van der Waals surface area contributed by atoms with Crippen molar-refractivity contribution < 1.29 is 28.2 Å². The zero-order valence-electron chi connectivity index (χ0n) is 25.5. The van der Waals surface area contributed by atoms with Gasteiger partial charge >= 0.3 is 12.1 Å². The van der Waals surface area contributed by atoms with E-state index >= 15 is 0 Å². The van der Waals surface area contributed by atoms with Gasteiger partial charge in [0.2, 0.25) is 0 Å². The fraction of sp³-hybridized carbons (Fsp3) is 0.333. The van der Waals surface area contributed by atoms with Crippen molar-refractivity contribution >= 4 is 22.8 Å². The molecular formula is C36H38FNO5. The van der Waals surface area contributed by atoms with E-state index in [9.17, 15) is 14.0 Å². The van der Waals surface area contributed by atoms with E-state index in [1.54, 1.807) is 23.1 Å². The summed E-state index contributed by atoms with van der Waals surface area (Å²) in [7, 11) is 1.38. The van der Waals surface area contributed by atoms with Crippen LogP contribution in [0.2, 0.25) is 0 Å². The fourth-order valence-electron chi connectivity index (χ4n) is 5.86. The average Bonchev–Trinajstić information content (AvgIpc) is 2.98. The van der Waals surface area contributed by atoms with Crippen LogP contribution in [-0.2, 0) is 9.47 Å². The molecule has 0 saturated heterocycles. The number of para-hydroxylation sites is 1. The second-order valence-electron chi connectivity index (χ2n) is 12.1. The Labute approximate surface area is 252 Å². The molecule has 0 saturated carbocycles. The zero-order valence-corrected chi connectivity index (χ0v) is 25.5. The van der Waals surface area contributed by atoms with E-state index in [2.05, 4.69) is 0 Å². The van der Waals surface area contributed by atoms with Gasteiger partial charge in [0.05, 0.1) is 25.3 Å². The van der Waals surface area contributed by atoms with Crippen LogP contribution < -0.4 is 4.74 Å². The number of aryl methyl sites for hydroxylation is 1. The number of esters is 1. The van der Waals surface area contributed by atoms with Crippen molar-refractivity contribution in [2.75, 3.05) is 13.7 Å². The Hall–Kier alpha value is -4.39. The van der Waals surface area contributed by atoms with Gasteiger partial charge in [-0.15, -0.1) is 0 Å². The highest BCUT2D eigenvalue weighted by Crippen LogP contribution is 2.42. The van der Waals surface area contributed by atoms with E-state index in [1.807, 2.05) is 89.2 Å². The molecule has 224 valence electrons. The van der Waals surface area contributed by atoms with Crippen LogP contribution in [-0.4, -0.2) is 42.3 Å². The molecule has 1 heterocycles. The molecule has 4 aromatic rings. The lowest BCUT2D eigenvalue weighted by atomic mass is 9.83. The standard InChI is InChI=1S/C36H38FNO5/c1-22-15-16-24(19-30(22)34(39)41-6)31-20-25(42-33-14-10-9-13-29(31)33)21-38(35(40)43-36(3,4)5)23(2)26-17-18-32(37)28-12-8-7-11-27(26)28/h7-19,23,25,31H,20-21H2,1-6H3. The summed E-state index contributed by atoms with van der Waals surface area (Å²) in [5, 5.41) is 1.24. The highest BCUT2D eigenvalue weighted by Gasteiger charge is 2.35. The maximum atomic E-state index is 14.7. The molecule has 0 bridgehead atoms. The number of fused-ring (bicyclic) bond motifs is 2. The molecule has 0 aliphatic carbocycles. The summed E-state index contributed by atoms with van der Waals surface area (Å²) in [6.07, 6.45) is -0.295. The van der Waals surface area contributed by atoms with Crippen molar-refractivity contribution in [3.05, 3.63) is 112 Å². The van der Waals surface area contributed by atoms with Crippen LogP contribution in [0.25, 0.3) is 10.8 Å². The Morgan fingerprint density at radius 2 is 1.70 bits per heavy atom. The minimum absolute atomic E-state index is 0.0820. The van der Waals surface area contributed by atoms with Crippen molar-refractivity contribution in [3.63, 3.8) is 0 Å². The topological polar surface area (TPSA) is 65.1 Å². The first kappa shape index (κ1) is 30.1. The maximum absolute atomic E-state index is 14.7. The molecule has 5 rings (SSSR count). The lowest BCUT2D eigenvalue weighted by Crippen LogP contribution is -2.45. The first-order valence-electron chi connectivity index (χ1n) is 14.6. The van der Waals surface area contributed by atoms with Gasteiger partial charge in [-0.25, -0.2) is 14.0 Å². The number of benzene rings is 4. The molecule has 4 aromatic carbocycles. The summed E-state index contributed by atoms with van der Waals surface area (Å²) < 4.78 is 32.1. The highest BCUT2D eigenvalue weighted by atomic mass is 19.1. The highest BCUT2D eigenvalue weighted by molar-refractivity contribution is 5.91. The summed E-state index contributed by atoms with van der Waals surface area (Å²) in [5.41, 5.74) is 3.44. The van der Waals surface area contributed by atoms with E-state index in [-0.39, 0.29) is 30.4 Å². The van der Waals surface area contributed by atoms with E-state index in [4.69, 9.17) is 14.2 Å². The van der Waals surface area contributed by atoms with Gasteiger partial charge in [-0.05, 0) is 81.3 Å². The van der Waals surface area contributed by atoms with Gasteiger partial charge in [0, 0.05) is 16.9 Å². The van der Waals surface area contributed by atoms with E-state index in [1.165, 1.54) is 13.2 Å². The molecular weight excluding hydrogens is 545 g/mol. The van der Waals surface area contributed by atoms with Crippen molar-refractivity contribution in [2.24, 2.45) is 0 Å². The third-order valence-electron chi connectivity index (χ3n) is 8.01. The quantitative estimate of drug-likeness (QED) is 0.214. The second kappa shape index (κ2) is 12.1. The summed E-state index contributed by atoms with van der Waals surface area (Å²) in [4.78, 5) is 27.9. The van der Waals surface area contributed by atoms with Gasteiger partial charge < -0.3 is 14.2 Å². The Morgan fingerprint density at radius 3 is 2.42 bits per heavy atom. The van der Waals surface area contributed by atoms with Crippen LogP contribution in [0.5, 0.6) is 5.75 Å². The van der Waals surface area contributed by atoms with Crippen molar-refractivity contribution in [1.29, 1.82) is 0 Å². The number of nitrogens with zero attached hydrogens (tertiary/aromatic N) is 1. The summed E-state index contributed by atoms with van der Waals surface area (Å²) in [5.74, 6) is -0.0445. The molecule has 1 aliphatic rings. The Morgan fingerprint density at radius 1 is 1.00 bits per heavy atom. The first-order chi connectivity index (χ1) is 20.5. The minimum Gasteiger partial charge on any atom is -0.488 e. The number of amides is 1. The number of ether oxygens (including phenoxy) is 3. The van der Waals surface area contributed by atoms with Crippen LogP contribution in [0, 0.1) is 12.7 Å². The van der Waals surface area contributed by atoms with Crippen LogP contribution >= 0.6 is 0 Å². The van der Waals surface area contributed by atoms with Gasteiger partial charge in [0.1, 0.15) is 23.3 Å². The molecule has 3 unspecified atom stereocenters. The van der Waals surface area contributed by atoms with Crippen LogP contribution in [0.1, 0.15) is 78.7 Å². The number of hydrogen-bond acceptors (Lipinski definition) is 5. The van der Waals surface area contributed by atoms with Gasteiger partial charge in [-0.1, -0.05) is 60.7 Å². The fourth-order valence-corrected chi connectivity index (χ4v) is 5.86. The van der Waals surface area contributed by atoms with Gasteiger partial charge in [-0.3, -0.25) is 4.90 Å². The molecule has 0 spiro atoms. The summed E-state index contributed by atoms with van der Waals surface area (Å²) in [6.45, 7) is 9.56. The largest absolute Gasteiger partial charge is 0.488 e. The predicted octanol–water partition coefficient (Wildman–Crippen LogP) is 8.36. The van der Waals surface area contributed by atoms with Crippen molar-refractivity contribution in [3.8, 4) is 5.75 Å². The summed E-state index contributed by atoms with van der Waals surface area (Å²) in [6, 6.07) is 23.7. The Balaban J connectivity index is 1.53. The Kier molecular flexibility index (Phi) is 8.45. The number of carbonyl (C=O) groups is 2. The first-order valence-corrected chi connectivity index (χ1v) is 14.6. The molecule has 43 heavy (non-hydrogen) atoms. The molecule has 3 atom stereocenters. The third kappa shape index (κ3) is 6.36. The zero-order chi connectivity index (χ0) is 30.9. The number of carbonyl (C=O) groups excluding carboxylic acids is 2. The lowest BCUT2D eigenvalue weighted by Gasteiger charge is -2.38. The summed E-state index contributed by atoms with van der Waals surface area (Å²) >= 11 is 0. The molecule has 0 N–H and O–H groups in total. The Bertz CT molecular complexity index is 1660. The normalized spacial score (nSPS) is 17.0. The SMILES string of the molecule is COC(=O)c1cc(C2CC(CN(C(=O)OC(C)(C)C)C(C)c3ccc(F)c4ccccc34)Oc3ccccc32)ccc1C. The lowest BCUT2D eigenvalue weighted by molar-refractivity contribution is 0.00569. The molecule has 1 aliphatic heterocycles. The van der Waals surface area contributed by atoms with Crippen LogP contribution in [0.4, 0.5) is 9.18 Å². The maximum Gasteiger partial charge on any atom is 0.410 e. The monoisotopic (exact) mass is 583 g/mol. The number of hydrogen-bond donors (Lipinski definition) is 0. The molecule has 0 aromatic heterocycles. The predicted molar refractivity (Wildman–Crippen MR) is 165 cm³/mol. The molecule has 0 fully saturated rings. The number of rotatable bonds is 6. The number of halogens is 1. The minimum atomic E-state index is -0.714. The van der Waals surface area contributed by atoms with Gasteiger partial charge in [0.25, 0.3) is 0 Å². The van der Waals surface area contributed by atoms with E-state index < -0.39 is 17.7 Å².